The Morgan fingerprint density at radius 1 is 1.36 bits per heavy atom. The quantitative estimate of drug-likeness (QED) is 0.417. The van der Waals surface area contributed by atoms with Crippen LogP contribution in [0.2, 0.25) is 5.02 Å². The van der Waals surface area contributed by atoms with Crippen molar-refractivity contribution >= 4 is 34.1 Å². The summed E-state index contributed by atoms with van der Waals surface area (Å²) in [6.45, 7) is 3.67. The number of halogens is 2. The van der Waals surface area contributed by atoms with E-state index in [1.807, 2.05) is 25.1 Å². The van der Waals surface area contributed by atoms with Crippen LogP contribution in [-0.2, 0) is 17.6 Å². The summed E-state index contributed by atoms with van der Waals surface area (Å²) in [6, 6.07) is 8.14. The number of fused-ring (bicyclic) bond motifs is 2. The number of carbonyl (C=O) groups excluding carboxylic acids is 1. The molecule has 1 saturated heterocycles. The molecule has 0 spiro atoms. The Kier molecular flexibility index (Phi) is 6.72. The molecule has 3 heterocycles. The first-order chi connectivity index (χ1) is 17.2. The van der Waals surface area contributed by atoms with Gasteiger partial charge in [-0.3, -0.25) is 9.59 Å². The van der Waals surface area contributed by atoms with Gasteiger partial charge in [0.2, 0.25) is 5.91 Å². The maximum absolute atomic E-state index is 14.8. The van der Waals surface area contributed by atoms with Crippen LogP contribution in [0.4, 0.5) is 10.1 Å². The second kappa shape index (κ2) is 9.80. The van der Waals surface area contributed by atoms with E-state index in [2.05, 4.69) is 20.6 Å². The van der Waals surface area contributed by atoms with Gasteiger partial charge in [-0.15, -0.1) is 0 Å². The van der Waals surface area contributed by atoms with Gasteiger partial charge in [-0.25, -0.2) is 9.37 Å². The summed E-state index contributed by atoms with van der Waals surface area (Å²) in [5.41, 5.74) is 1.12. The summed E-state index contributed by atoms with van der Waals surface area (Å²) < 4.78 is 14.8. The predicted molar refractivity (Wildman–Crippen MR) is 137 cm³/mol. The number of H-pyrrole nitrogens is 1. The van der Waals surface area contributed by atoms with Crippen LogP contribution >= 0.6 is 11.6 Å². The Morgan fingerprint density at radius 2 is 2.19 bits per heavy atom. The van der Waals surface area contributed by atoms with E-state index in [1.54, 1.807) is 4.90 Å². The zero-order valence-corrected chi connectivity index (χ0v) is 20.8. The molecule has 2 aromatic carbocycles. The van der Waals surface area contributed by atoms with Crippen LogP contribution in [0, 0.1) is 5.82 Å². The van der Waals surface area contributed by atoms with Crippen molar-refractivity contribution in [2.24, 2.45) is 0 Å². The van der Waals surface area contributed by atoms with E-state index in [4.69, 9.17) is 11.6 Å². The van der Waals surface area contributed by atoms with Crippen LogP contribution in [0.25, 0.3) is 10.9 Å². The maximum Gasteiger partial charge on any atom is 0.258 e. The number of benzene rings is 2. The molecule has 4 N–H and O–H groups in total. The Hall–Kier alpha value is -3.01. The number of carbonyl (C=O) groups is 1. The predicted octanol–water partition coefficient (Wildman–Crippen LogP) is 2.93. The highest BCUT2D eigenvalue weighted by molar-refractivity contribution is 6.30. The van der Waals surface area contributed by atoms with Crippen LogP contribution in [-0.4, -0.2) is 57.7 Å². The van der Waals surface area contributed by atoms with E-state index in [0.29, 0.717) is 42.3 Å². The minimum Gasteiger partial charge on any atom is -0.388 e. The van der Waals surface area contributed by atoms with Gasteiger partial charge in [0, 0.05) is 24.5 Å². The Labute approximate surface area is 212 Å². The molecule has 10 heteroatoms. The first-order valence-electron chi connectivity index (χ1n) is 12.2. The van der Waals surface area contributed by atoms with Crippen molar-refractivity contribution in [1.82, 2.24) is 20.2 Å². The molecule has 3 aromatic rings. The fraction of sp³-hybridized carbons (Fsp3) is 0.423. The standard InChI is InChI=1S/C26H29ClFN5O3/c1-15-18-4-3-17(27)9-16(18)5-8-33(15)24(34)13-30-22-11-21-19(10-20(22)28)25(35)32-23(31-21)12-26(36)6-2-7-29-14-26/h3-4,9-11,15,29-30,36H,2,5-8,12-14H2,1H3,(H,31,32,35)/t15-,26+/m0/s1. The van der Waals surface area contributed by atoms with E-state index >= 15 is 0 Å². The molecule has 0 saturated carbocycles. The first-order valence-corrected chi connectivity index (χ1v) is 12.6. The van der Waals surface area contributed by atoms with Gasteiger partial charge in [-0.05, 0) is 68.1 Å². The minimum atomic E-state index is -0.996. The molecule has 1 amide bonds. The number of hydrogen-bond acceptors (Lipinski definition) is 6. The lowest BCUT2D eigenvalue weighted by Crippen LogP contribution is -2.47. The Bertz CT molecular complexity index is 1370. The fourth-order valence-electron chi connectivity index (χ4n) is 5.26. The van der Waals surface area contributed by atoms with Crippen molar-refractivity contribution < 1.29 is 14.3 Å². The number of amides is 1. The topological polar surface area (TPSA) is 110 Å². The molecule has 0 aliphatic carbocycles. The highest BCUT2D eigenvalue weighted by Crippen LogP contribution is 2.31. The van der Waals surface area contributed by atoms with Crippen LogP contribution in [0.15, 0.2) is 35.1 Å². The summed E-state index contributed by atoms with van der Waals surface area (Å²) in [5.74, 6) is -0.459. The van der Waals surface area contributed by atoms with E-state index in [1.165, 1.54) is 6.07 Å². The normalized spacial score (nSPS) is 21.9. The number of β-amino-alcohol motifs (C(OH)–C–C–N with tert-alkyl or cyclic N) is 1. The third kappa shape index (κ3) is 4.96. The lowest BCUT2D eigenvalue weighted by Gasteiger charge is -2.35. The molecule has 5 rings (SSSR count). The Morgan fingerprint density at radius 3 is 2.97 bits per heavy atom. The molecule has 36 heavy (non-hydrogen) atoms. The second-order valence-electron chi connectivity index (χ2n) is 9.75. The zero-order chi connectivity index (χ0) is 25.4. The van der Waals surface area contributed by atoms with E-state index in [9.17, 15) is 19.1 Å². The number of anilines is 1. The molecule has 1 aromatic heterocycles. The number of aromatic amines is 1. The number of aliphatic hydroxyl groups is 1. The van der Waals surface area contributed by atoms with Crippen molar-refractivity contribution in [1.29, 1.82) is 0 Å². The molecule has 0 radical (unpaired) electrons. The van der Waals surface area contributed by atoms with Crippen LogP contribution in [0.1, 0.15) is 42.8 Å². The Balaban J connectivity index is 1.32. The van der Waals surface area contributed by atoms with Gasteiger partial charge in [0.1, 0.15) is 11.6 Å². The maximum atomic E-state index is 14.8. The van der Waals surface area contributed by atoms with Gasteiger partial charge in [-0.1, -0.05) is 17.7 Å². The summed E-state index contributed by atoms with van der Waals surface area (Å²) in [7, 11) is 0. The number of piperidine rings is 1. The molecule has 1 fully saturated rings. The molecule has 2 aliphatic rings. The van der Waals surface area contributed by atoms with Gasteiger partial charge in [0.05, 0.1) is 34.8 Å². The molecular formula is C26H29ClFN5O3. The highest BCUT2D eigenvalue weighted by Gasteiger charge is 2.31. The monoisotopic (exact) mass is 513 g/mol. The zero-order valence-electron chi connectivity index (χ0n) is 20.0. The average Bonchev–Trinajstić information content (AvgIpc) is 2.83. The third-order valence-electron chi connectivity index (χ3n) is 7.18. The molecule has 2 aliphatic heterocycles. The molecule has 8 nitrogen and oxygen atoms in total. The minimum absolute atomic E-state index is 0.0924. The largest absolute Gasteiger partial charge is 0.388 e. The van der Waals surface area contributed by atoms with Gasteiger partial charge in [0.15, 0.2) is 0 Å². The van der Waals surface area contributed by atoms with E-state index in [-0.39, 0.29) is 36.0 Å². The molecule has 2 atom stereocenters. The summed E-state index contributed by atoms with van der Waals surface area (Å²) in [6.07, 6.45) is 2.32. The van der Waals surface area contributed by atoms with Crippen molar-refractivity contribution in [3.8, 4) is 0 Å². The summed E-state index contributed by atoms with van der Waals surface area (Å²) in [4.78, 5) is 34.5. The first kappa shape index (κ1) is 24.7. The molecule has 190 valence electrons. The fourth-order valence-corrected chi connectivity index (χ4v) is 5.45. The van der Waals surface area contributed by atoms with Crippen LogP contribution in [0.3, 0.4) is 0 Å². The number of nitrogens with zero attached hydrogens (tertiary/aromatic N) is 2. The molecular weight excluding hydrogens is 485 g/mol. The highest BCUT2D eigenvalue weighted by atomic mass is 35.5. The number of aromatic nitrogens is 2. The third-order valence-corrected chi connectivity index (χ3v) is 7.42. The van der Waals surface area contributed by atoms with Crippen molar-refractivity contribution in [2.45, 2.75) is 44.2 Å². The molecule has 0 unspecified atom stereocenters. The van der Waals surface area contributed by atoms with Crippen LogP contribution in [0.5, 0.6) is 0 Å². The smallest absolute Gasteiger partial charge is 0.258 e. The summed E-state index contributed by atoms with van der Waals surface area (Å²) >= 11 is 6.10. The van der Waals surface area contributed by atoms with Gasteiger partial charge in [-0.2, -0.15) is 0 Å². The number of nitrogens with one attached hydrogen (secondary N) is 3. The van der Waals surface area contributed by atoms with Crippen LogP contribution < -0.4 is 16.2 Å². The van der Waals surface area contributed by atoms with Gasteiger partial charge < -0.3 is 25.6 Å². The number of rotatable bonds is 5. The van der Waals surface area contributed by atoms with E-state index < -0.39 is 17.0 Å². The van der Waals surface area contributed by atoms with Gasteiger partial charge >= 0.3 is 0 Å². The molecule has 0 bridgehead atoms. The van der Waals surface area contributed by atoms with E-state index in [0.717, 1.165) is 30.2 Å². The summed E-state index contributed by atoms with van der Waals surface area (Å²) in [5, 5.41) is 17.6. The van der Waals surface area contributed by atoms with Gasteiger partial charge in [0.25, 0.3) is 5.56 Å². The lowest BCUT2D eigenvalue weighted by atomic mass is 9.90. The van der Waals surface area contributed by atoms with Crippen molar-refractivity contribution in [2.75, 3.05) is 31.5 Å². The van der Waals surface area contributed by atoms with Crippen molar-refractivity contribution in [3.63, 3.8) is 0 Å². The number of hydrogen-bond donors (Lipinski definition) is 4. The SMILES string of the molecule is C[C@H]1c2ccc(Cl)cc2CCN1C(=O)CNc1cc2nc(C[C@]3(O)CCCNC3)[nH]c(=O)c2cc1F. The average molecular weight is 514 g/mol. The lowest BCUT2D eigenvalue weighted by molar-refractivity contribution is -0.131. The van der Waals surface area contributed by atoms with Crippen molar-refractivity contribution in [3.05, 3.63) is 68.5 Å². The second-order valence-corrected chi connectivity index (χ2v) is 10.2.